The molecule has 0 saturated heterocycles. The van der Waals surface area contributed by atoms with Gasteiger partial charge in [0.15, 0.2) is 5.82 Å². The number of nitrogens with two attached hydrogens (primary N) is 1. The zero-order valence-corrected chi connectivity index (χ0v) is 14.9. The summed E-state index contributed by atoms with van der Waals surface area (Å²) in [5.74, 6) is 1.03. The number of hydrogen-bond donors (Lipinski definition) is 2. The highest BCUT2D eigenvalue weighted by Gasteiger charge is 2.24. The Labute approximate surface area is 154 Å². The summed E-state index contributed by atoms with van der Waals surface area (Å²) in [6, 6.07) is 5.66. The van der Waals surface area contributed by atoms with E-state index in [-0.39, 0.29) is 36.8 Å². The van der Waals surface area contributed by atoms with Gasteiger partial charge in [0.25, 0.3) is 0 Å². The molecule has 1 saturated carbocycles. The third-order valence-electron chi connectivity index (χ3n) is 4.19. The van der Waals surface area contributed by atoms with E-state index in [1.54, 1.807) is 17.1 Å². The first-order valence-electron chi connectivity index (χ1n) is 7.74. The van der Waals surface area contributed by atoms with Crippen LogP contribution in [0.5, 0.6) is 0 Å². The van der Waals surface area contributed by atoms with E-state index < -0.39 is 0 Å². The molecule has 24 heavy (non-hydrogen) atoms. The Morgan fingerprint density at radius 3 is 2.71 bits per heavy atom. The van der Waals surface area contributed by atoms with Crippen LogP contribution in [0.1, 0.15) is 32.1 Å². The second kappa shape index (κ2) is 9.61. The minimum absolute atomic E-state index is 0. The molecule has 1 aliphatic carbocycles. The van der Waals surface area contributed by atoms with Crippen molar-refractivity contribution >= 4 is 36.4 Å². The van der Waals surface area contributed by atoms with E-state index in [1.807, 2.05) is 24.4 Å². The zero-order valence-electron chi connectivity index (χ0n) is 13.3. The number of halogens is 2. The van der Waals surface area contributed by atoms with Gasteiger partial charge in [0, 0.05) is 24.9 Å². The molecule has 2 aromatic heterocycles. The SMILES string of the molecule is Cl.Cl.NC1CCCCC1CC(=O)Nc1ccc(-n2cccn2)nc1. The van der Waals surface area contributed by atoms with Crippen LogP contribution in [-0.2, 0) is 4.79 Å². The van der Waals surface area contributed by atoms with Crippen LogP contribution in [0.25, 0.3) is 5.82 Å². The topological polar surface area (TPSA) is 85.8 Å². The summed E-state index contributed by atoms with van der Waals surface area (Å²) < 4.78 is 1.67. The molecule has 0 radical (unpaired) electrons. The van der Waals surface area contributed by atoms with E-state index in [0.717, 1.165) is 18.7 Å². The lowest BCUT2D eigenvalue weighted by Crippen LogP contribution is -2.35. The fourth-order valence-corrected chi connectivity index (χ4v) is 2.94. The van der Waals surface area contributed by atoms with Crippen LogP contribution in [0.15, 0.2) is 36.8 Å². The molecule has 0 bridgehead atoms. The molecule has 0 aromatic carbocycles. The number of aromatic nitrogens is 3. The first-order valence-corrected chi connectivity index (χ1v) is 7.74. The van der Waals surface area contributed by atoms with E-state index >= 15 is 0 Å². The van der Waals surface area contributed by atoms with Crippen molar-refractivity contribution in [2.24, 2.45) is 11.7 Å². The third kappa shape index (κ3) is 5.19. The van der Waals surface area contributed by atoms with Crippen molar-refractivity contribution in [3.63, 3.8) is 0 Å². The van der Waals surface area contributed by atoms with Gasteiger partial charge in [-0.15, -0.1) is 24.8 Å². The smallest absolute Gasteiger partial charge is 0.224 e. The van der Waals surface area contributed by atoms with Gasteiger partial charge in [-0.25, -0.2) is 9.67 Å². The maximum absolute atomic E-state index is 12.1. The van der Waals surface area contributed by atoms with E-state index in [0.29, 0.717) is 18.0 Å². The third-order valence-corrected chi connectivity index (χ3v) is 4.19. The lowest BCUT2D eigenvalue weighted by Gasteiger charge is -2.27. The number of rotatable bonds is 4. The Morgan fingerprint density at radius 1 is 1.29 bits per heavy atom. The lowest BCUT2D eigenvalue weighted by atomic mass is 9.83. The maximum Gasteiger partial charge on any atom is 0.224 e. The molecular formula is C16H23Cl2N5O. The molecular weight excluding hydrogens is 349 g/mol. The Balaban J connectivity index is 0.00000144. The minimum atomic E-state index is 0. The summed E-state index contributed by atoms with van der Waals surface area (Å²) >= 11 is 0. The van der Waals surface area contributed by atoms with Crippen LogP contribution >= 0.6 is 24.8 Å². The van der Waals surface area contributed by atoms with Crippen LogP contribution in [0.2, 0.25) is 0 Å². The number of amides is 1. The maximum atomic E-state index is 12.1. The van der Waals surface area contributed by atoms with Crippen molar-refractivity contribution < 1.29 is 4.79 Å². The molecule has 132 valence electrons. The Kier molecular flexibility index (Phi) is 8.18. The van der Waals surface area contributed by atoms with Gasteiger partial charge in [0.05, 0.1) is 11.9 Å². The molecule has 3 N–H and O–H groups in total. The average molecular weight is 372 g/mol. The van der Waals surface area contributed by atoms with Crippen molar-refractivity contribution in [3.8, 4) is 5.82 Å². The van der Waals surface area contributed by atoms with Gasteiger partial charge in [-0.05, 0) is 37.0 Å². The summed E-state index contributed by atoms with van der Waals surface area (Å²) in [7, 11) is 0. The predicted molar refractivity (Wildman–Crippen MR) is 99.0 cm³/mol. The van der Waals surface area contributed by atoms with E-state index in [2.05, 4.69) is 15.4 Å². The minimum Gasteiger partial charge on any atom is -0.327 e. The van der Waals surface area contributed by atoms with Crippen LogP contribution in [-0.4, -0.2) is 26.7 Å². The highest BCUT2D eigenvalue weighted by Crippen LogP contribution is 2.26. The normalized spacial score (nSPS) is 19.7. The monoisotopic (exact) mass is 371 g/mol. The van der Waals surface area contributed by atoms with Crippen molar-refractivity contribution in [2.45, 2.75) is 38.1 Å². The number of nitrogens with one attached hydrogen (secondary N) is 1. The summed E-state index contributed by atoms with van der Waals surface area (Å²) in [4.78, 5) is 16.4. The second-order valence-corrected chi connectivity index (χ2v) is 5.82. The number of anilines is 1. The number of hydrogen-bond acceptors (Lipinski definition) is 4. The van der Waals surface area contributed by atoms with Crippen LogP contribution in [0.4, 0.5) is 5.69 Å². The lowest BCUT2D eigenvalue weighted by molar-refractivity contribution is -0.117. The summed E-state index contributed by atoms with van der Waals surface area (Å²) in [6.45, 7) is 0. The average Bonchev–Trinajstić information content (AvgIpc) is 3.05. The highest BCUT2D eigenvalue weighted by molar-refractivity contribution is 5.90. The van der Waals surface area contributed by atoms with Crippen LogP contribution in [0, 0.1) is 5.92 Å². The molecule has 6 nitrogen and oxygen atoms in total. The molecule has 2 atom stereocenters. The molecule has 1 aliphatic rings. The summed E-state index contributed by atoms with van der Waals surface area (Å²) in [5.41, 5.74) is 6.79. The van der Waals surface area contributed by atoms with Crippen molar-refractivity contribution in [1.82, 2.24) is 14.8 Å². The van der Waals surface area contributed by atoms with Gasteiger partial charge >= 0.3 is 0 Å². The molecule has 1 amide bonds. The van der Waals surface area contributed by atoms with Crippen LogP contribution < -0.4 is 11.1 Å². The van der Waals surface area contributed by atoms with Gasteiger partial charge in [-0.3, -0.25) is 4.79 Å². The second-order valence-electron chi connectivity index (χ2n) is 5.82. The first-order chi connectivity index (χ1) is 10.7. The largest absolute Gasteiger partial charge is 0.327 e. The Bertz CT molecular complexity index is 618. The molecule has 8 heteroatoms. The molecule has 3 rings (SSSR count). The van der Waals surface area contributed by atoms with E-state index in [9.17, 15) is 4.79 Å². The quantitative estimate of drug-likeness (QED) is 0.864. The van der Waals surface area contributed by atoms with Crippen molar-refractivity contribution in [3.05, 3.63) is 36.8 Å². The van der Waals surface area contributed by atoms with Gasteiger partial charge in [-0.1, -0.05) is 12.8 Å². The standard InChI is InChI=1S/C16H21N5O.2ClH/c17-14-5-2-1-4-12(14)10-16(22)20-13-6-7-15(18-11-13)21-9-3-8-19-21;;/h3,6-9,11-12,14H,1-2,4-5,10,17H2,(H,20,22);2*1H. The fourth-order valence-electron chi connectivity index (χ4n) is 2.94. The van der Waals surface area contributed by atoms with Crippen LogP contribution in [0.3, 0.4) is 0 Å². The van der Waals surface area contributed by atoms with E-state index in [4.69, 9.17) is 5.73 Å². The number of nitrogens with zero attached hydrogens (tertiary/aromatic N) is 3. The van der Waals surface area contributed by atoms with E-state index in [1.165, 1.54) is 12.8 Å². The predicted octanol–water partition coefficient (Wildman–Crippen LogP) is 2.96. The van der Waals surface area contributed by atoms with Gasteiger partial charge in [0.1, 0.15) is 0 Å². The van der Waals surface area contributed by atoms with Crippen molar-refractivity contribution in [1.29, 1.82) is 0 Å². The molecule has 2 aromatic rings. The zero-order chi connectivity index (χ0) is 15.4. The number of pyridine rings is 1. The molecule has 2 unspecified atom stereocenters. The molecule has 0 aliphatic heterocycles. The van der Waals surface area contributed by atoms with Crippen molar-refractivity contribution in [2.75, 3.05) is 5.32 Å². The number of carbonyl (C=O) groups is 1. The van der Waals surface area contributed by atoms with Gasteiger partial charge < -0.3 is 11.1 Å². The molecule has 0 spiro atoms. The molecule has 1 fully saturated rings. The Morgan fingerprint density at radius 2 is 2.08 bits per heavy atom. The highest BCUT2D eigenvalue weighted by atomic mass is 35.5. The van der Waals surface area contributed by atoms with Gasteiger partial charge in [0.2, 0.25) is 5.91 Å². The first kappa shape index (κ1) is 20.4. The van der Waals surface area contributed by atoms with Gasteiger partial charge in [-0.2, -0.15) is 5.10 Å². The fraction of sp³-hybridized carbons (Fsp3) is 0.438. The Hall–Kier alpha value is -1.63. The summed E-state index contributed by atoms with van der Waals surface area (Å²) in [6.07, 6.45) is 10.1. The molecule has 2 heterocycles. The number of carbonyl (C=O) groups excluding carboxylic acids is 1. The summed E-state index contributed by atoms with van der Waals surface area (Å²) in [5, 5.41) is 7.01.